The predicted molar refractivity (Wildman–Crippen MR) is 91.1 cm³/mol. The first-order valence-corrected chi connectivity index (χ1v) is 8.87. The average Bonchev–Trinajstić information content (AvgIpc) is 2.43. The molecule has 1 aromatic rings. The fraction of sp³-hybridized carbons (Fsp3) is 0.750. The van der Waals surface area contributed by atoms with Crippen molar-refractivity contribution >= 4 is 22.6 Å². The third-order valence-corrected chi connectivity index (χ3v) is 5.41. The number of aromatic amines is 1. The standard InChI is InChI=1S/C16H25IN2O/c1-4-11-6-5-7-12(9-11)15-18-13(8-10(2)3)14(17)16(20)19-15/h10-12H,4-9H2,1-3H3,(H,18,19,20). The lowest BCUT2D eigenvalue weighted by molar-refractivity contribution is 0.306. The van der Waals surface area contributed by atoms with Crippen LogP contribution in [0.15, 0.2) is 4.79 Å². The van der Waals surface area contributed by atoms with Crippen molar-refractivity contribution in [3.8, 4) is 0 Å². The van der Waals surface area contributed by atoms with Gasteiger partial charge in [-0.1, -0.05) is 40.0 Å². The molecular formula is C16H25IN2O. The first kappa shape index (κ1) is 16.0. The Balaban J connectivity index is 2.27. The van der Waals surface area contributed by atoms with Crippen LogP contribution < -0.4 is 5.56 Å². The largest absolute Gasteiger partial charge is 0.309 e. The van der Waals surface area contributed by atoms with Gasteiger partial charge in [-0.2, -0.15) is 0 Å². The molecule has 1 heterocycles. The van der Waals surface area contributed by atoms with E-state index in [0.717, 1.165) is 27.4 Å². The summed E-state index contributed by atoms with van der Waals surface area (Å²) in [7, 11) is 0. The van der Waals surface area contributed by atoms with Crippen LogP contribution >= 0.6 is 22.6 Å². The van der Waals surface area contributed by atoms with Gasteiger partial charge in [-0.3, -0.25) is 4.79 Å². The molecule has 4 heteroatoms. The molecule has 0 aromatic carbocycles. The molecule has 0 bridgehead atoms. The quantitative estimate of drug-likeness (QED) is 0.784. The number of halogens is 1. The van der Waals surface area contributed by atoms with Gasteiger partial charge in [0, 0.05) is 5.92 Å². The summed E-state index contributed by atoms with van der Waals surface area (Å²) >= 11 is 2.13. The molecule has 0 spiro atoms. The maximum atomic E-state index is 12.1. The molecule has 0 radical (unpaired) electrons. The van der Waals surface area contributed by atoms with Gasteiger partial charge in [0.15, 0.2) is 0 Å². The lowest BCUT2D eigenvalue weighted by Crippen LogP contribution is -2.23. The van der Waals surface area contributed by atoms with Crippen molar-refractivity contribution in [2.75, 3.05) is 0 Å². The zero-order valence-corrected chi connectivity index (χ0v) is 14.9. The van der Waals surface area contributed by atoms with Gasteiger partial charge in [-0.25, -0.2) is 4.98 Å². The number of nitrogens with one attached hydrogen (secondary N) is 1. The van der Waals surface area contributed by atoms with Crippen LogP contribution in [0.5, 0.6) is 0 Å². The molecule has 1 saturated carbocycles. The maximum absolute atomic E-state index is 12.1. The number of rotatable bonds is 4. The van der Waals surface area contributed by atoms with Gasteiger partial charge >= 0.3 is 0 Å². The summed E-state index contributed by atoms with van der Waals surface area (Å²) in [6, 6.07) is 0. The lowest BCUT2D eigenvalue weighted by atomic mass is 9.80. The molecule has 20 heavy (non-hydrogen) atoms. The van der Waals surface area contributed by atoms with E-state index in [0.29, 0.717) is 11.8 Å². The van der Waals surface area contributed by atoms with Crippen LogP contribution in [0.25, 0.3) is 0 Å². The second-order valence-electron chi connectivity index (χ2n) is 6.45. The Morgan fingerprint density at radius 3 is 2.80 bits per heavy atom. The van der Waals surface area contributed by atoms with Gasteiger partial charge in [-0.15, -0.1) is 0 Å². The Labute approximate surface area is 135 Å². The second-order valence-corrected chi connectivity index (χ2v) is 7.53. The molecular weight excluding hydrogens is 363 g/mol. The monoisotopic (exact) mass is 388 g/mol. The predicted octanol–water partition coefficient (Wildman–Crippen LogP) is 4.26. The Morgan fingerprint density at radius 1 is 1.40 bits per heavy atom. The number of nitrogens with zero attached hydrogens (tertiary/aromatic N) is 1. The summed E-state index contributed by atoms with van der Waals surface area (Å²) in [4.78, 5) is 20.0. The van der Waals surface area contributed by atoms with E-state index < -0.39 is 0 Å². The van der Waals surface area contributed by atoms with Gasteiger partial charge in [0.2, 0.25) is 0 Å². The first-order chi connectivity index (χ1) is 9.51. The minimum atomic E-state index is 0.0462. The smallest absolute Gasteiger partial charge is 0.264 e. The highest BCUT2D eigenvalue weighted by Crippen LogP contribution is 2.36. The highest BCUT2D eigenvalue weighted by atomic mass is 127. The summed E-state index contributed by atoms with van der Waals surface area (Å²) < 4.78 is 0.767. The Bertz CT molecular complexity index is 510. The molecule has 0 saturated heterocycles. The molecule has 1 N–H and O–H groups in total. The van der Waals surface area contributed by atoms with Gasteiger partial charge in [0.05, 0.1) is 9.26 Å². The van der Waals surface area contributed by atoms with Gasteiger partial charge < -0.3 is 4.98 Å². The fourth-order valence-electron chi connectivity index (χ4n) is 3.15. The molecule has 1 aromatic heterocycles. The van der Waals surface area contributed by atoms with E-state index in [1.54, 1.807) is 0 Å². The van der Waals surface area contributed by atoms with Crippen LogP contribution in [0.4, 0.5) is 0 Å². The molecule has 2 unspecified atom stereocenters. The zero-order valence-electron chi connectivity index (χ0n) is 12.7. The van der Waals surface area contributed by atoms with Crippen molar-refractivity contribution in [3.05, 3.63) is 25.4 Å². The summed E-state index contributed by atoms with van der Waals surface area (Å²) in [5, 5.41) is 0. The summed E-state index contributed by atoms with van der Waals surface area (Å²) in [6.07, 6.45) is 7.07. The topological polar surface area (TPSA) is 45.8 Å². The number of aromatic nitrogens is 2. The van der Waals surface area contributed by atoms with Crippen LogP contribution in [0.2, 0.25) is 0 Å². The van der Waals surface area contributed by atoms with Crippen LogP contribution in [-0.4, -0.2) is 9.97 Å². The van der Waals surface area contributed by atoms with E-state index in [-0.39, 0.29) is 5.56 Å². The van der Waals surface area contributed by atoms with E-state index in [9.17, 15) is 4.79 Å². The van der Waals surface area contributed by atoms with E-state index in [1.165, 1.54) is 32.1 Å². The SMILES string of the molecule is CCC1CCCC(c2nc(CC(C)C)c(I)c(=O)[nH]2)C1. The summed E-state index contributed by atoms with van der Waals surface area (Å²) in [6.45, 7) is 6.61. The fourth-order valence-corrected chi connectivity index (χ4v) is 3.63. The van der Waals surface area contributed by atoms with Gasteiger partial charge in [0.1, 0.15) is 5.82 Å². The Hall–Kier alpha value is -0.390. The first-order valence-electron chi connectivity index (χ1n) is 7.79. The lowest BCUT2D eigenvalue weighted by Gasteiger charge is -2.28. The zero-order chi connectivity index (χ0) is 14.7. The molecule has 112 valence electrons. The molecule has 2 rings (SSSR count). The Morgan fingerprint density at radius 2 is 2.15 bits per heavy atom. The van der Waals surface area contributed by atoms with Crippen LogP contribution in [0.1, 0.15) is 70.3 Å². The van der Waals surface area contributed by atoms with Crippen molar-refractivity contribution in [1.82, 2.24) is 9.97 Å². The number of H-pyrrole nitrogens is 1. The molecule has 1 aliphatic rings. The van der Waals surface area contributed by atoms with E-state index >= 15 is 0 Å². The van der Waals surface area contributed by atoms with Gasteiger partial charge in [-0.05, 0) is 53.7 Å². The normalized spacial score (nSPS) is 23.2. The van der Waals surface area contributed by atoms with E-state index in [1.807, 2.05) is 0 Å². The van der Waals surface area contributed by atoms with Crippen LogP contribution in [0.3, 0.4) is 0 Å². The van der Waals surface area contributed by atoms with E-state index in [2.05, 4.69) is 48.3 Å². The highest BCUT2D eigenvalue weighted by Gasteiger charge is 2.25. The minimum Gasteiger partial charge on any atom is -0.309 e. The third kappa shape index (κ3) is 3.83. The van der Waals surface area contributed by atoms with Crippen molar-refractivity contribution in [1.29, 1.82) is 0 Å². The van der Waals surface area contributed by atoms with Crippen molar-refractivity contribution < 1.29 is 0 Å². The number of hydrogen-bond acceptors (Lipinski definition) is 2. The van der Waals surface area contributed by atoms with Crippen molar-refractivity contribution in [2.24, 2.45) is 11.8 Å². The van der Waals surface area contributed by atoms with Crippen molar-refractivity contribution in [2.45, 2.75) is 65.2 Å². The van der Waals surface area contributed by atoms with Crippen LogP contribution in [-0.2, 0) is 6.42 Å². The second kappa shape index (κ2) is 7.05. The highest BCUT2D eigenvalue weighted by molar-refractivity contribution is 14.1. The van der Waals surface area contributed by atoms with Crippen LogP contribution in [0, 0.1) is 15.4 Å². The van der Waals surface area contributed by atoms with Crippen molar-refractivity contribution in [3.63, 3.8) is 0 Å². The number of hydrogen-bond donors (Lipinski definition) is 1. The molecule has 0 amide bonds. The summed E-state index contributed by atoms with van der Waals surface area (Å²) in [5.41, 5.74) is 1.03. The molecule has 2 atom stereocenters. The molecule has 1 aliphatic carbocycles. The minimum absolute atomic E-state index is 0.0462. The summed E-state index contributed by atoms with van der Waals surface area (Å²) in [5.74, 6) is 2.71. The third-order valence-electron chi connectivity index (χ3n) is 4.30. The molecule has 1 fully saturated rings. The average molecular weight is 388 g/mol. The molecule has 0 aliphatic heterocycles. The van der Waals surface area contributed by atoms with E-state index in [4.69, 9.17) is 4.98 Å². The molecule has 3 nitrogen and oxygen atoms in total. The maximum Gasteiger partial charge on any atom is 0.264 e. The van der Waals surface area contributed by atoms with Gasteiger partial charge in [0.25, 0.3) is 5.56 Å². The Kier molecular flexibility index (Phi) is 5.64.